The second-order valence-electron chi connectivity index (χ2n) is 15.1. The SMILES string of the molecule is CO[C@@H]1CCN(C/C=C/C(=O)N2CCN(c3nc(OCC45CCCN4CCC5)nc4c3CCN(c3cccc5cccc(Cl)c35)C4)C[C@@H]2CC#N)C1. The number of rotatable bonds is 10. The predicted molar refractivity (Wildman–Crippen MR) is 203 cm³/mol. The Hall–Kier alpha value is -3.95. The van der Waals surface area contributed by atoms with Crippen molar-refractivity contribution in [2.45, 2.75) is 69.2 Å². The molecule has 2 atom stereocenters. The lowest BCUT2D eigenvalue weighted by Crippen LogP contribution is -2.55. The van der Waals surface area contributed by atoms with Crippen molar-refractivity contribution in [3.8, 4) is 12.1 Å². The number of carbonyl (C=O) groups is 1. The lowest BCUT2D eigenvalue weighted by Gasteiger charge is -2.42. The highest BCUT2D eigenvalue weighted by atomic mass is 35.5. The van der Waals surface area contributed by atoms with Crippen molar-refractivity contribution < 1.29 is 14.3 Å². The highest BCUT2D eigenvalue weighted by molar-refractivity contribution is 6.36. The molecule has 6 heterocycles. The molecule has 1 amide bonds. The number of methoxy groups -OCH3 is 1. The number of fused-ring (bicyclic) bond motifs is 3. The van der Waals surface area contributed by atoms with E-state index in [1.807, 2.05) is 23.1 Å². The summed E-state index contributed by atoms with van der Waals surface area (Å²) in [7, 11) is 1.75. The molecule has 0 unspecified atom stereocenters. The first-order valence-electron chi connectivity index (χ1n) is 19.0. The number of ether oxygens (including phenoxy) is 2. The standard InChI is InChI=1S/C40H49ClN8O3/c1-51-31-13-21-45(26-31)18-4-11-36(50)49-24-23-47(25-30(49)12-17-42)38-32-14-22-46(35-10-3-8-29-7-2-9-33(41)37(29)35)27-34(32)43-39(44-38)52-28-40-15-5-19-48(40)20-6-16-40/h2-4,7-11,30-31H,5-6,12-16,18-28H2,1H3/b11-4+/t30-,31+/m0/s1. The van der Waals surface area contributed by atoms with Crippen molar-refractivity contribution in [2.75, 3.05) is 82.4 Å². The number of likely N-dealkylation sites (tertiary alicyclic amines) is 1. The Bertz CT molecular complexity index is 1850. The van der Waals surface area contributed by atoms with Crippen LogP contribution in [-0.4, -0.2) is 121 Å². The number of piperazine rings is 1. The minimum atomic E-state index is -0.252. The van der Waals surface area contributed by atoms with Gasteiger partial charge in [0.2, 0.25) is 5.91 Å². The monoisotopic (exact) mass is 724 g/mol. The number of hydrogen-bond donors (Lipinski definition) is 0. The van der Waals surface area contributed by atoms with E-state index in [2.05, 4.69) is 49.9 Å². The zero-order valence-electron chi connectivity index (χ0n) is 30.2. The van der Waals surface area contributed by atoms with E-state index >= 15 is 0 Å². The van der Waals surface area contributed by atoms with Crippen LogP contribution in [0.15, 0.2) is 48.6 Å². The second-order valence-corrected chi connectivity index (χ2v) is 15.5. The number of hydrogen-bond acceptors (Lipinski definition) is 10. The van der Waals surface area contributed by atoms with Crippen LogP contribution in [0.25, 0.3) is 10.8 Å². The van der Waals surface area contributed by atoms with Crippen LogP contribution in [0.5, 0.6) is 6.01 Å². The van der Waals surface area contributed by atoms with Gasteiger partial charge >= 0.3 is 6.01 Å². The van der Waals surface area contributed by atoms with Crippen molar-refractivity contribution in [3.63, 3.8) is 0 Å². The van der Waals surface area contributed by atoms with Gasteiger partial charge in [-0.05, 0) is 69.1 Å². The van der Waals surface area contributed by atoms with E-state index in [1.165, 1.54) is 12.8 Å². The molecule has 11 nitrogen and oxygen atoms in total. The maximum absolute atomic E-state index is 13.5. The van der Waals surface area contributed by atoms with Crippen LogP contribution in [0.2, 0.25) is 5.02 Å². The number of halogens is 1. The Morgan fingerprint density at radius 3 is 2.65 bits per heavy atom. The number of amides is 1. The number of carbonyl (C=O) groups excluding carboxylic acids is 1. The molecule has 0 bridgehead atoms. The third kappa shape index (κ3) is 6.94. The van der Waals surface area contributed by atoms with Crippen LogP contribution in [0.4, 0.5) is 11.5 Å². The predicted octanol–water partition coefficient (Wildman–Crippen LogP) is 5.06. The Kier molecular flexibility index (Phi) is 10.3. The zero-order chi connectivity index (χ0) is 35.7. The van der Waals surface area contributed by atoms with E-state index in [-0.39, 0.29) is 30.0 Å². The van der Waals surface area contributed by atoms with Gasteiger partial charge < -0.3 is 24.2 Å². The van der Waals surface area contributed by atoms with Gasteiger partial charge in [0.1, 0.15) is 12.4 Å². The summed E-state index contributed by atoms with van der Waals surface area (Å²) in [6.45, 7) is 8.47. The van der Waals surface area contributed by atoms with Crippen LogP contribution < -0.4 is 14.5 Å². The number of benzene rings is 2. The van der Waals surface area contributed by atoms with Crippen LogP contribution >= 0.6 is 11.6 Å². The summed E-state index contributed by atoms with van der Waals surface area (Å²) in [5.41, 5.74) is 3.24. The van der Waals surface area contributed by atoms with Crippen molar-refractivity contribution in [1.29, 1.82) is 5.26 Å². The normalized spacial score (nSPS) is 23.4. The molecule has 52 heavy (non-hydrogen) atoms. The summed E-state index contributed by atoms with van der Waals surface area (Å²) in [6.07, 6.45) is 10.6. The number of anilines is 2. The van der Waals surface area contributed by atoms with Crippen LogP contribution in [-0.2, 0) is 22.5 Å². The molecule has 0 N–H and O–H groups in total. The average Bonchev–Trinajstić information content (AvgIpc) is 3.90. The Morgan fingerprint density at radius 2 is 1.87 bits per heavy atom. The van der Waals surface area contributed by atoms with E-state index in [0.29, 0.717) is 45.3 Å². The summed E-state index contributed by atoms with van der Waals surface area (Å²) in [4.78, 5) is 35.1. The van der Waals surface area contributed by atoms with E-state index in [9.17, 15) is 10.1 Å². The lowest BCUT2D eigenvalue weighted by molar-refractivity contribution is -0.128. The summed E-state index contributed by atoms with van der Waals surface area (Å²) in [5.74, 6) is 0.826. The van der Waals surface area contributed by atoms with Crippen LogP contribution in [0.1, 0.15) is 49.8 Å². The molecule has 1 aromatic heterocycles. The molecule has 3 aromatic rings. The molecule has 4 saturated heterocycles. The Balaban J connectivity index is 1.05. The van der Waals surface area contributed by atoms with Crippen molar-refractivity contribution >= 4 is 39.8 Å². The van der Waals surface area contributed by atoms with Crippen molar-refractivity contribution in [3.05, 3.63) is 64.8 Å². The van der Waals surface area contributed by atoms with Crippen LogP contribution in [0.3, 0.4) is 0 Å². The molecule has 0 spiro atoms. The molecule has 5 aliphatic heterocycles. The molecule has 0 radical (unpaired) electrons. The maximum atomic E-state index is 13.5. The first kappa shape index (κ1) is 35.1. The summed E-state index contributed by atoms with van der Waals surface area (Å²) >= 11 is 6.78. The Morgan fingerprint density at radius 1 is 1.04 bits per heavy atom. The summed E-state index contributed by atoms with van der Waals surface area (Å²) in [5, 5.41) is 12.8. The van der Waals surface area contributed by atoms with E-state index in [0.717, 1.165) is 97.0 Å². The maximum Gasteiger partial charge on any atom is 0.318 e. The lowest BCUT2D eigenvalue weighted by atomic mass is 9.95. The molecule has 5 aliphatic rings. The molecule has 2 aromatic carbocycles. The van der Waals surface area contributed by atoms with Gasteiger partial charge in [0.15, 0.2) is 0 Å². The minimum absolute atomic E-state index is 0.0440. The number of aromatic nitrogens is 2. The van der Waals surface area contributed by atoms with Crippen LogP contribution in [0, 0.1) is 11.3 Å². The topological polar surface area (TPSA) is 101 Å². The Labute approximate surface area is 311 Å². The average molecular weight is 725 g/mol. The third-order valence-electron chi connectivity index (χ3n) is 12.1. The molecule has 0 aliphatic carbocycles. The number of nitriles is 1. The largest absolute Gasteiger partial charge is 0.461 e. The van der Waals surface area contributed by atoms with Gasteiger partial charge in [-0.2, -0.15) is 15.2 Å². The smallest absolute Gasteiger partial charge is 0.318 e. The third-order valence-corrected chi connectivity index (χ3v) is 12.4. The molecular formula is C40H49ClN8O3. The minimum Gasteiger partial charge on any atom is -0.461 e. The molecule has 12 heteroatoms. The van der Waals surface area contributed by atoms with Gasteiger partial charge in [0.05, 0.1) is 47.4 Å². The molecule has 8 rings (SSSR count). The van der Waals surface area contributed by atoms with Gasteiger partial charge in [-0.25, -0.2) is 0 Å². The van der Waals surface area contributed by atoms with Gasteiger partial charge in [-0.3, -0.25) is 14.6 Å². The fourth-order valence-electron chi connectivity index (χ4n) is 9.29. The molecule has 4 fully saturated rings. The highest BCUT2D eigenvalue weighted by Crippen LogP contribution is 2.40. The number of nitrogens with zero attached hydrogens (tertiary/aromatic N) is 8. The molecular weight excluding hydrogens is 676 g/mol. The van der Waals surface area contributed by atoms with Gasteiger partial charge in [0.25, 0.3) is 0 Å². The van der Waals surface area contributed by atoms with Gasteiger partial charge in [0, 0.05) is 75.6 Å². The van der Waals surface area contributed by atoms with Crippen molar-refractivity contribution in [2.24, 2.45) is 0 Å². The van der Waals surface area contributed by atoms with Gasteiger partial charge in [-0.1, -0.05) is 41.9 Å². The first-order chi connectivity index (χ1) is 25.4. The second kappa shape index (κ2) is 15.2. The van der Waals surface area contributed by atoms with E-state index < -0.39 is 0 Å². The zero-order valence-corrected chi connectivity index (χ0v) is 30.9. The highest BCUT2D eigenvalue weighted by Gasteiger charge is 2.45. The summed E-state index contributed by atoms with van der Waals surface area (Å²) in [6, 6.07) is 14.9. The first-order valence-corrected chi connectivity index (χ1v) is 19.4. The van der Waals surface area contributed by atoms with Crippen molar-refractivity contribution in [1.82, 2.24) is 24.7 Å². The molecule has 0 saturated carbocycles. The fraction of sp³-hybridized carbons (Fsp3) is 0.550. The molecule has 274 valence electrons. The quantitative estimate of drug-likeness (QED) is 0.264. The fourth-order valence-corrected chi connectivity index (χ4v) is 9.57. The summed E-state index contributed by atoms with van der Waals surface area (Å²) < 4.78 is 12.1. The van der Waals surface area contributed by atoms with Gasteiger partial charge in [-0.15, -0.1) is 0 Å². The van der Waals surface area contributed by atoms with E-state index in [1.54, 1.807) is 13.2 Å². The van der Waals surface area contributed by atoms with E-state index in [4.69, 9.17) is 31.0 Å².